The molecule has 7 nitrogen and oxygen atoms in total. The van der Waals surface area contributed by atoms with Gasteiger partial charge in [-0.3, -0.25) is 4.79 Å². The molecule has 3 aromatic rings. The third-order valence-corrected chi connectivity index (χ3v) is 6.07. The van der Waals surface area contributed by atoms with E-state index < -0.39 is 0 Å². The van der Waals surface area contributed by atoms with Crippen LogP contribution in [-0.2, 0) is 11.3 Å². The molecule has 0 saturated heterocycles. The first-order chi connectivity index (χ1) is 13.2. The second kappa shape index (κ2) is 7.69. The summed E-state index contributed by atoms with van der Waals surface area (Å²) in [7, 11) is 1.63. The van der Waals surface area contributed by atoms with Crippen LogP contribution in [0.15, 0.2) is 36.0 Å². The third-order valence-electron chi connectivity index (χ3n) is 4.17. The zero-order chi connectivity index (χ0) is 18.8. The van der Waals surface area contributed by atoms with Gasteiger partial charge in [-0.1, -0.05) is 29.2 Å². The average Bonchev–Trinajstić information content (AvgIpc) is 3.31. The summed E-state index contributed by atoms with van der Waals surface area (Å²) in [6.45, 7) is 4.46. The highest BCUT2D eigenvalue weighted by Crippen LogP contribution is 2.40. The van der Waals surface area contributed by atoms with Crippen molar-refractivity contribution in [2.24, 2.45) is 0 Å². The zero-order valence-corrected chi connectivity index (χ0v) is 16.5. The van der Waals surface area contributed by atoms with Crippen molar-refractivity contribution in [1.29, 1.82) is 0 Å². The minimum absolute atomic E-state index is 0.118. The van der Waals surface area contributed by atoms with Crippen LogP contribution >= 0.6 is 23.1 Å². The van der Waals surface area contributed by atoms with Crippen LogP contribution in [0.3, 0.4) is 0 Å². The molecule has 4 rings (SSSR count). The first-order valence-electron chi connectivity index (χ1n) is 8.59. The number of amides is 1. The van der Waals surface area contributed by atoms with Crippen molar-refractivity contribution < 1.29 is 9.53 Å². The highest BCUT2D eigenvalue weighted by molar-refractivity contribution is 7.99. The molecule has 0 atom stereocenters. The van der Waals surface area contributed by atoms with E-state index in [1.807, 2.05) is 28.8 Å². The van der Waals surface area contributed by atoms with Gasteiger partial charge in [-0.05, 0) is 31.0 Å². The van der Waals surface area contributed by atoms with Gasteiger partial charge in [0, 0.05) is 12.5 Å². The van der Waals surface area contributed by atoms with Crippen molar-refractivity contribution in [3.05, 3.63) is 36.7 Å². The summed E-state index contributed by atoms with van der Waals surface area (Å²) < 4.78 is 8.24. The van der Waals surface area contributed by atoms with Gasteiger partial charge in [0.05, 0.1) is 23.1 Å². The van der Waals surface area contributed by atoms with Crippen LogP contribution in [0.1, 0.15) is 24.6 Å². The predicted molar refractivity (Wildman–Crippen MR) is 108 cm³/mol. The lowest BCUT2D eigenvalue weighted by Gasteiger charge is -2.06. The van der Waals surface area contributed by atoms with Crippen LogP contribution in [0.4, 0.5) is 5.13 Å². The fourth-order valence-corrected chi connectivity index (χ4v) is 4.39. The number of allylic oxidation sites excluding steroid dienone is 1. The Bertz CT molecular complexity index is 993. The Labute approximate surface area is 164 Å². The van der Waals surface area contributed by atoms with Gasteiger partial charge in [-0.2, -0.15) is 0 Å². The fraction of sp³-hybridized carbons (Fsp3) is 0.333. The zero-order valence-electron chi connectivity index (χ0n) is 14.8. The van der Waals surface area contributed by atoms with Gasteiger partial charge < -0.3 is 14.6 Å². The van der Waals surface area contributed by atoms with Crippen molar-refractivity contribution in [1.82, 2.24) is 19.7 Å². The van der Waals surface area contributed by atoms with Crippen molar-refractivity contribution in [3.8, 4) is 5.75 Å². The maximum atomic E-state index is 12.3. The number of benzene rings is 1. The molecule has 0 unspecified atom stereocenters. The molecule has 2 heterocycles. The maximum absolute atomic E-state index is 12.3. The Hall–Kier alpha value is -2.39. The number of methoxy groups -OCH3 is 1. The first kappa shape index (κ1) is 18.0. The van der Waals surface area contributed by atoms with Gasteiger partial charge in [-0.15, -0.1) is 16.8 Å². The Morgan fingerprint density at radius 3 is 3.07 bits per heavy atom. The normalized spacial score (nSPS) is 13.7. The lowest BCUT2D eigenvalue weighted by molar-refractivity contribution is -0.113. The molecule has 1 aromatic carbocycles. The molecule has 140 valence electrons. The molecular weight excluding hydrogens is 382 g/mol. The fourth-order valence-electron chi connectivity index (χ4n) is 2.72. The number of thioether (sulfide) groups is 1. The molecule has 0 spiro atoms. The topological polar surface area (TPSA) is 81.9 Å². The number of hydrogen-bond donors (Lipinski definition) is 1. The number of thiazole rings is 1. The monoisotopic (exact) mass is 401 g/mol. The van der Waals surface area contributed by atoms with Crippen LogP contribution in [0.25, 0.3) is 10.2 Å². The lowest BCUT2D eigenvalue weighted by atomic mass is 10.3. The minimum Gasteiger partial charge on any atom is -0.497 e. The molecule has 0 bridgehead atoms. The molecule has 1 fully saturated rings. The number of carbonyl (C=O) groups is 1. The molecule has 1 aliphatic rings. The van der Waals surface area contributed by atoms with E-state index in [-0.39, 0.29) is 11.7 Å². The number of nitrogens with zero attached hydrogens (tertiary/aromatic N) is 4. The molecule has 1 amide bonds. The number of anilines is 1. The molecular formula is C18H19N5O2S2. The van der Waals surface area contributed by atoms with Crippen molar-refractivity contribution in [2.45, 2.75) is 30.5 Å². The van der Waals surface area contributed by atoms with Crippen LogP contribution in [0, 0.1) is 0 Å². The van der Waals surface area contributed by atoms with E-state index in [2.05, 4.69) is 27.1 Å². The predicted octanol–water partition coefficient (Wildman–Crippen LogP) is 3.69. The molecule has 9 heteroatoms. The lowest BCUT2D eigenvalue weighted by Crippen LogP contribution is -2.14. The summed E-state index contributed by atoms with van der Waals surface area (Å²) in [5.74, 6) is 2.40. The van der Waals surface area contributed by atoms with E-state index >= 15 is 0 Å². The second-order valence-corrected chi connectivity index (χ2v) is 8.18. The SMILES string of the molecule is C=CCn1c(SCC(=O)Nc2nc3ccc(OC)cc3s2)nnc1C1CC1. The summed E-state index contributed by atoms with van der Waals surface area (Å²) in [5.41, 5.74) is 0.837. The van der Waals surface area contributed by atoms with Crippen molar-refractivity contribution in [3.63, 3.8) is 0 Å². The van der Waals surface area contributed by atoms with Crippen LogP contribution < -0.4 is 10.1 Å². The smallest absolute Gasteiger partial charge is 0.236 e. The summed E-state index contributed by atoms with van der Waals surface area (Å²) in [5, 5.41) is 12.7. The maximum Gasteiger partial charge on any atom is 0.236 e. The Morgan fingerprint density at radius 2 is 2.33 bits per heavy atom. The Morgan fingerprint density at radius 1 is 1.48 bits per heavy atom. The summed E-state index contributed by atoms with van der Waals surface area (Å²) >= 11 is 2.81. The van der Waals surface area contributed by atoms with Crippen molar-refractivity contribution in [2.75, 3.05) is 18.2 Å². The van der Waals surface area contributed by atoms with Crippen LogP contribution in [-0.4, -0.2) is 38.5 Å². The van der Waals surface area contributed by atoms with E-state index in [0.29, 0.717) is 17.6 Å². The van der Waals surface area contributed by atoms with Gasteiger partial charge >= 0.3 is 0 Å². The third kappa shape index (κ3) is 3.98. The summed E-state index contributed by atoms with van der Waals surface area (Å²) in [6, 6.07) is 5.65. The number of hydrogen-bond acceptors (Lipinski definition) is 7. The Kier molecular flexibility index (Phi) is 5.13. The number of fused-ring (bicyclic) bond motifs is 1. The van der Waals surface area contributed by atoms with Gasteiger partial charge in [-0.25, -0.2) is 4.98 Å². The molecule has 1 aliphatic carbocycles. The van der Waals surface area contributed by atoms with Gasteiger partial charge in [0.15, 0.2) is 10.3 Å². The molecule has 0 aliphatic heterocycles. The van der Waals surface area contributed by atoms with Crippen LogP contribution in [0.5, 0.6) is 5.75 Å². The van der Waals surface area contributed by atoms with Gasteiger partial charge in [0.2, 0.25) is 5.91 Å². The average molecular weight is 402 g/mol. The minimum atomic E-state index is -0.118. The van der Waals surface area contributed by atoms with E-state index in [1.54, 1.807) is 7.11 Å². The number of carbonyl (C=O) groups excluding carboxylic acids is 1. The molecule has 1 saturated carbocycles. The van der Waals surface area contributed by atoms with E-state index in [0.717, 1.165) is 39.8 Å². The highest BCUT2D eigenvalue weighted by Gasteiger charge is 2.30. The second-order valence-electron chi connectivity index (χ2n) is 6.20. The van der Waals surface area contributed by atoms with Gasteiger partial charge in [0.1, 0.15) is 11.6 Å². The van der Waals surface area contributed by atoms with E-state index in [1.165, 1.54) is 23.1 Å². The number of rotatable bonds is 8. The first-order valence-corrected chi connectivity index (χ1v) is 10.4. The van der Waals surface area contributed by atoms with E-state index in [4.69, 9.17) is 4.74 Å². The molecule has 0 radical (unpaired) electrons. The molecule has 1 N–H and O–H groups in total. The summed E-state index contributed by atoms with van der Waals surface area (Å²) in [6.07, 6.45) is 4.14. The quantitative estimate of drug-likeness (QED) is 0.458. The largest absolute Gasteiger partial charge is 0.497 e. The summed E-state index contributed by atoms with van der Waals surface area (Å²) in [4.78, 5) is 16.8. The standard InChI is InChI=1S/C18H19N5O2S2/c1-3-8-23-16(11-4-5-11)21-22-18(23)26-10-15(24)20-17-19-13-7-6-12(25-2)9-14(13)27-17/h3,6-7,9,11H,1,4-5,8,10H2,2H3,(H,19,20,24). The molecule has 2 aromatic heterocycles. The highest BCUT2D eigenvalue weighted by atomic mass is 32.2. The van der Waals surface area contributed by atoms with Gasteiger partial charge in [0.25, 0.3) is 0 Å². The molecule has 27 heavy (non-hydrogen) atoms. The Balaban J connectivity index is 1.40. The number of ether oxygens (including phenoxy) is 1. The van der Waals surface area contributed by atoms with E-state index in [9.17, 15) is 4.79 Å². The van der Waals surface area contributed by atoms with Crippen LogP contribution in [0.2, 0.25) is 0 Å². The van der Waals surface area contributed by atoms with Crippen molar-refractivity contribution >= 4 is 44.4 Å². The number of nitrogens with one attached hydrogen (secondary N) is 1. The number of aromatic nitrogens is 4.